The maximum Gasteiger partial charge on any atom is 0.215 e. The van der Waals surface area contributed by atoms with Crippen LogP contribution in [0.25, 0.3) is 16.9 Å². The number of halogens is 3. The summed E-state index contributed by atoms with van der Waals surface area (Å²) in [6.07, 6.45) is 0. The lowest BCUT2D eigenvalue weighted by Gasteiger charge is -2.09. The van der Waals surface area contributed by atoms with Gasteiger partial charge < -0.3 is 4.74 Å². The van der Waals surface area contributed by atoms with Gasteiger partial charge in [-0.25, -0.2) is 13.8 Å². The van der Waals surface area contributed by atoms with E-state index in [1.54, 1.807) is 12.1 Å². The first-order valence-corrected chi connectivity index (χ1v) is 6.62. The highest BCUT2D eigenvalue weighted by molar-refractivity contribution is 6.16. The van der Waals surface area contributed by atoms with E-state index in [1.165, 1.54) is 29.9 Å². The van der Waals surface area contributed by atoms with E-state index in [-0.39, 0.29) is 17.2 Å². The number of benzene rings is 1. The van der Waals surface area contributed by atoms with Gasteiger partial charge in [-0.3, -0.25) is 4.57 Å². The predicted octanol–water partition coefficient (Wildman–Crippen LogP) is 3.45. The van der Waals surface area contributed by atoms with Crippen molar-refractivity contribution in [2.75, 3.05) is 7.11 Å². The Morgan fingerprint density at radius 2 is 1.86 bits per heavy atom. The summed E-state index contributed by atoms with van der Waals surface area (Å²) >= 11 is 5.84. The maximum absolute atomic E-state index is 14.0. The number of methoxy groups -OCH3 is 1. The SMILES string of the molecule is COc1ccc2nc(CCl)n(-c3c(F)cccc3F)c2n1. The minimum Gasteiger partial charge on any atom is -0.481 e. The van der Waals surface area contributed by atoms with Crippen molar-refractivity contribution in [2.45, 2.75) is 5.88 Å². The highest BCUT2D eigenvalue weighted by atomic mass is 35.5. The van der Waals surface area contributed by atoms with Crippen LogP contribution in [-0.2, 0) is 5.88 Å². The molecule has 0 bridgehead atoms. The molecule has 4 nitrogen and oxygen atoms in total. The van der Waals surface area contributed by atoms with Gasteiger partial charge in [0.05, 0.1) is 13.0 Å². The highest BCUT2D eigenvalue weighted by Gasteiger charge is 2.19. The fourth-order valence-electron chi connectivity index (χ4n) is 2.13. The van der Waals surface area contributed by atoms with Gasteiger partial charge in [-0.1, -0.05) is 6.07 Å². The Hall–Kier alpha value is -2.21. The average Bonchev–Trinajstić information content (AvgIpc) is 2.85. The van der Waals surface area contributed by atoms with E-state index < -0.39 is 11.6 Å². The second kappa shape index (κ2) is 5.29. The van der Waals surface area contributed by atoms with Gasteiger partial charge in [-0.2, -0.15) is 4.98 Å². The van der Waals surface area contributed by atoms with E-state index >= 15 is 0 Å². The minimum absolute atomic E-state index is 0.00749. The molecule has 0 aliphatic heterocycles. The summed E-state index contributed by atoms with van der Waals surface area (Å²) in [5.41, 5.74) is 0.513. The summed E-state index contributed by atoms with van der Waals surface area (Å²) in [5.74, 6) is -0.819. The van der Waals surface area contributed by atoms with E-state index in [0.29, 0.717) is 17.2 Å². The van der Waals surface area contributed by atoms with Crippen molar-refractivity contribution in [1.29, 1.82) is 0 Å². The summed E-state index contributed by atoms with van der Waals surface area (Å²) in [7, 11) is 1.46. The molecule has 0 unspecified atom stereocenters. The minimum atomic E-state index is -0.717. The molecular formula is C14H10ClF2N3O. The van der Waals surface area contributed by atoms with Gasteiger partial charge in [0.25, 0.3) is 0 Å². The summed E-state index contributed by atoms with van der Waals surface area (Å²) < 4.78 is 34.4. The van der Waals surface area contributed by atoms with Crippen LogP contribution in [0.15, 0.2) is 30.3 Å². The fraction of sp³-hybridized carbons (Fsp3) is 0.143. The zero-order valence-corrected chi connectivity index (χ0v) is 11.7. The van der Waals surface area contributed by atoms with E-state index in [2.05, 4.69) is 9.97 Å². The average molecular weight is 310 g/mol. The largest absolute Gasteiger partial charge is 0.481 e. The number of nitrogens with zero attached hydrogens (tertiary/aromatic N) is 3. The first-order chi connectivity index (χ1) is 10.2. The number of hydrogen-bond acceptors (Lipinski definition) is 3. The van der Waals surface area contributed by atoms with E-state index in [1.807, 2.05) is 0 Å². The molecule has 0 amide bonds. The van der Waals surface area contributed by atoms with E-state index in [9.17, 15) is 8.78 Å². The molecule has 0 radical (unpaired) electrons. The van der Waals surface area contributed by atoms with Crippen LogP contribution in [0.1, 0.15) is 5.82 Å². The number of para-hydroxylation sites is 1. The number of hydrogen-bond donors (Lipinski definition) is 0. The van der Waals surface area contributed by atoms with Gasteiger partial charge in [-0.05, 0) is 18.2 Å². The van der Waals surface area contributed by atoms with Gasteiger partial charge in [0.1, 0.15) is 28.7 Å². The number of pyridine rings is 1. The maximum atomic E-state index is 14.0. The van der Waals surface area contributed by atoms with Crippen LogP contribution < -0.4 is 4.74 Å². The molecule has 0 aliphatic carbocycles. The Kier molecular flexibility index (Phi) is 3.47. The number of ether oxygens (including phenoxy) is 1. The number of aromatic nitrogens is 3. The zero-order chi connectivity index (χ0) is 15.0. The molecule has 0 saturated carbocycles. The molecule has 3 rings (SSSR count). The molecule has 21 heavy (non-hydrogen) atoms. The zero-order valence-electron chi connectivity index (χ0n) is 11.0. The summed E-state index contributed by atoms with van der Waals surface area (Å²) in [6.45, 7) is 0. The Bertz CT molecular complexity index is 799. The molecule has 1 aromatic carbocycles. The molecule has 0 aliphatic rings. The van der Waals surface area contributed by atoms with Crippen molar-refractivity contribution in [3.05, 3.63) is 47.8 Å². The van der Waals surface area contributed by atoms with E-state index in [0.717, 1.165) is 0 Å². The van der Waals surface area contributed by atoms with Crippen LogP contribution in [0.3, 0.4) is 0 Å². The van der Waals surface area contributed by atoms with E-state index in [4.69, 9.17) is 16.3 Å². The highest BCUT2D eigenvalue weighted by Crippen LogP contribution is 2.26. The Labute approximate surface area is 124 Å². The molecule has 0 atom stereocenters. The van der Waals surface area contributed by atoms with Gasteiger partial charge in [0.15, 0.2) is 5.65 Å². The molecule has 0 spiro atoms. The monoisotopic (exact) mass is 309 g/mol. The topological polar surface area (TPSA) is 39.9 Å². The normalized spacial score (nSPS) is 11.0. The third-order valence-corrected chi connectivity index (χ3v) is 3.28. The van der Waals surface area contributed by atoms with Gasteiger partial charge in [-0.15, -0.1) is 11.6 Å². The Balaban J connectivity index is 2.39. The lowest BCUT2D eigenvalue weighted by Crippen LogP contribution is -2.06. The molecular weight excluding hydrogens is 300 g/mol. The fourth-order valence-corrected chi connectivity index (χ4v) is 2.31. The van der Waals surface area contributed by atoms with Gasteiger partial charge >= 0.3 is 0 Å². The van der Waals surface area contributed by atoms with Crippen LogP contribution in [0.4, 0.5) is 8.78 Å². The number of imidazole rings is 1. The van der Waals surface area contributed by atoms with Crippen molar-refractivity contribution in [2.24, 2.45) is 0 Å². The van der Waals surface area contributed by atoms with Gasteiger partial charge in [0, 0.05) is 6.07 Å². The van der Waals surface area contributed by atoms with Crippen molar-refractivity contribution in [1.82, 2.24) is 14.5 Å². The van der Waals surface area contributed by atoms with Crippen molar-refractivity contribution in [3.63, 3.8) is 0 Å². The summed E-state index contributed by atoms with van der Waals surface area (Å²) in [5, 5.41) is 0. The van der Waals surface area contributed by atoms with Crippen LogP contribution >= 0.6 is 11.6 Å². The molecule has 108 valence electrons. The van der Waals surface area contributed by atoms with Gasteiger partial charge in [0.2, 0.25) is 5.88 Å². The van der Waals surface area contributed by atoms with Crippen LogP contribution in [0.5, 0.6) is 5.88 Å². The molecule has 7 heteroatoms. The molecule has 0 N–H and O–H groups in total. The Morgan fingerprint density at radius 3 is 2.48 bits per heavy atom. The lowest BCUT2D eigenvalue weighted by atomic mass is 10.3. The predicted molar refractivity (Wildman–Crippen MR) is 74.9 cm³/mol. The number of alkyl halides is 1. The van der Waals surface area contributed by atoms with Crippen LogP contribution in [-0.4, -0.2) is 21.6 Å². The third kappa shape index (κ3) is 2.21. The molecule has 3 aromatic rings. The van der Waals surface area contributed by atoms with Crippen molar-refractivity contribution in [3.8, 4) is 11.6 Å². The van der Waals surface area contributed by atoms with Crippen LogP contribution in [0, 0.1) is 11.6 Å². The smallest absolute Gasteiger partial charge is 0.215 e. The number of fused-ring (bicyclic) bond motifs is 1. The molecule has 2 aromatic heterocycles. The standard InChI is InChI=1S/C14H10ClF2N3O/c1-21-12-6-5-10-14(19-12)20(11(7-15)18-10)13-8(16)3-2-4-9(13)17/h2-6H,7H2,1H3. The second-order valence-corrected chi connectivity index (χ2v) is 4.53. The quantitative estimate of drug-likeness (QED) is 0.696. The Morgan fingerprint density at radius 1 is 1.14 bits per heavy atom. The molecule has 2 heterocycles. The second-order valence-electron chi connectivity index (χ2n) is 4.26. The van der Waals surface area contributed by atoms with Crippen LogP contribution in [0.2, 0.25) is 0 Å². The molecule has 0 saturated heterocycles. The lowest BCUT2D eigenvalue weighted by molar-refractivity contribution is 0.399. The number of rotatable bonds is 3. The first-order valence-electron chi connectivity index (χ1n) is 6.08. The van der Waals surface area contributed by atoms with Crippen molar-refractivity contribution < 1.29 is 13.5 Å². The summed E-state index contributed by atoms with van der Waals surface area (Å²) in [4.78, 5) is 8.45. The summed E-state index contributed by atoms with van der Waals surface area (Å²) in [6, 6.07) is 6.91. The van der Waals surface area contributed by atoms with Crippen molar-refractivity contribution >= 4 is 22.8 Å². The molecule has 0 fully saturated rings. The third-order valence-electron chi connectivity index (χ3n) is 3.04. The first kappa shape index (κ1) is 13.8.